The van der Waals surface area contributed by atoms with Crippen molar-refractivity contribution in [3.63, 3.8) is 0 Å². The molecule has 3 heterocycles. The fourth-order valence-corrected chi connectivity index (χ4v) is 4.26. The van der Waals surface area contributed by atoms with E-state index in [1.54, 1.807) is 6.33 Å². The third kappa shape index (κ3) is 4.50. The van der Waals surface area contributed by atoms with Gasteiger partial charge in [-0.25, -0.2) is 9.97 Å². The number of nitrogens with zero attached hydrogens (tertiary/aromatic N) is 7. The van der Waals surface area contributed by atoms with Gasteiger partial charge < -0.3 is 25.0 Å². The summed E-state index contributed by atoms with van der Waals surface area (Å²) >= 11 is 0. The molecule has 1 atom stereocenters. The van der Waals surface area contributed by atoms with E-state index in [1.165, 1.54) is 5.56 Å². The Morgan fingerprint density at radius 2 is 2.19 bits per heavy atom. The lowest BCUT2D eigenvalue weighted by Gasteiger charge is -2.41. The average molecular weight is 432 g/mol. The van der Waals surface area contributed by atoms with Crippen molar-refractivity contribution in [2.24, 2.45) is 4.99 Å². The molecule has 1 saturated heterocycles. The molecule has 2 aromatic heterocycles. The van der Waals surface area contributed by atoms with Crippen LogP contribution >= 0.6 is 0 Å². The highest BCUT2D eigenvalue weighted by molar-refractivity contribution is 5.95. The van der Waals surface area contributed by atoms with E-state index < -0.39 is 0 Å². The Bertz CT molecular complexity index is 1160. The highest BCUT2D eigenvalue weighted by Crippen LogP contribution is 2.27. The lowest BCUT2D eigenvalue weighted by atomic mass is 10.1. The van der Waals surface area contributed by atoms with Gasteiger partial charge in [0.15, 0.2) is 0 Å². The Labute approximate surface area is 188 Å². The van der Waals surface area contributed by atoms with E-state index in [1.807, 2.05) is 38.6 Å². The molecule has 0 amide bonds. The molecule has 0 aliphatic carbocycles. The van der Waals surface area contributed by atoms with Crippen LogP contribution in [0.3, 0.4) is 0 Å². The summed E-state index contributed by atoms with van der Waals surface area (Å²) in [5, 5.41) is 13.8. The number of hydrogen-bond donors (Lipinski definition) is 2. The van der Waals surface area contributed by atoms with E-state index in [0.717, 1.165) is 54.3 Å². The van der Waals surface area contributed by atoms with Gasteiger partial charge in [-0.1, -0.05) is 12.1 Å². The van der Waals surface area contributed by atoms with E-state index in [9.17, 15) is 5.26 Å². The second kappa shape index (κ2) is 9.24. The first-order chi connectivity index (χ1) is 15.5. The van der Waals surface area contributed by atoms with Gasteiger partial charge in [-0.2, -0.15) is 5.26 Å². The number of hydrogen-bond acceptors (Lipinski definition) is 6. The fraction of sp³-hybridized carbons (Fsp3) is 0.391. The highest BCUT2D eigenvalue weighted by Gasteiger charge is 2.28. The summed E-state index contributed by atoms with van der Waals surface area (Å²) in [7, 11) is 4.09. The van der Waals surface area contributed by atoms with Crippen molar-refractivity contribution in [3.05, 3.63) is 47.9 Å². The standard InChI is InChI=1S/C23H29N9/c1-16-11-25-21-20(16)22(28-15-27-21)31-8-9-32(17(2)12-31)23(26-14-24)29-19-7-5-6-18(10-19)13-30(3)4/h5-7,10-11,15,17H,8-9,12-13H2,1-4H3,(H,26,29)(H,25,27,28). The van der Waals surface area contributed by atoms with Crippen LogP contribution in [0.15, 0.2) is 41.8 Å². The number of aromatic nitrogens is 3. The number of H-pyrrole nitrogens is 1. The second-order valence-electron chi connectivity index (χ2n) is 8.48. The molecule has 4 rings (SSSR count). The number of aryl methyl sites for hydroxylation is 1. The summed E-state index contributed by atoms with van der Waals surface area (Å²) < 4.78 is 0. The molecule has 166 valence electrons. The molecule has 0 radical (unpaired) electrons. The molecule has 32 heavy (non-hydrogen) atoms. The van der Waals surface area contributed by atoms with Crippen molar-refractivity contribution in [2.45, 2.75) is 26.4 Å². The van der Waals surface area contributed by atoms with E-state index in [4.69, 9.17) is 0 Å². The van der Waals surface area contributed by atoms with Gasteiger partial charge in [-0.3, -0.25) is 0 Å². The largest absolute Gasteiger partial charge is 0.352 e. The lowest BCUT2D eigenvalue weighted by Crippen LogP contribution is -2.56. The SMILES string of the molecule is Cc1c[nH]c2ncnc(N3CCN(C(=NC#N)Nc4cccc(CN(C)C)c4)C(C)C3)c12. The molecular weight excluding hydrogens is 402 g/mol. The number of piperazine rings is 1. The second-order valence-corrected chi connectivity index (χ2v) is 8.48. The zero-order chi connectivity index (χ0) is 22.7. The number of aromatic amines is 1. The first kappa shape index (κ1) is 21.6. The zero-order valence-corrected chi connectivity index (χ0v) is 19.0. The number of aliphatic imine (C=N–C) groups is 1. The number of nitrogens with one attached hydrogen (secondary N) is 2. The minimum atomic E-state index is 0.137. The fourth-order valence-electron chi connectivity index (χ4n) is 4.26. The van der Waals surface area contributed by atoms with Gasteiger partial charge >= 0.3 is 0 Å². The Balaban J connectivity index is 1.52. The topological polar surface area (TPSA) is 99.5 Å². The van der Waals surface area contributed by atoms with Crippen molar-refractivity contribution >= 4 is 28.5 Å². The summed E-state index contributed by atoms with van der Waals surface area (Å²) in [6.07, 6.45) is 5.53. The molecule has 3 aromatic rings. The Morgan fingerprint density at radius 3 is 2.94 bits per heavy atom. The van der Waals surface area contributed by atoms with Gasteiger partial charge in [-0.05, 0) is 51.2 Å². The number of anilines is 2. The maximum absolute atomic E-state index is 9.32. The molecule has 0 bridgehead atoms. The highest BCUT2D eigenvalue weighted by atomic mass is 15.4. The molecule has 1 aromatic carbocycles. The first-order valence-corrected chi connectivity index (χ1v) is 10.7. The third-order valence-corrected chi connectivity index (χ3v) is 5.68. The number of rotatable bonds is 4. The molecule has 0 saturated carbocycles. The summed E-state index contributed by atoms with van der Waals surface area (Å²) in [6.45, 7) is 7.32. The maximum atomic E-state index is 9.32. The maximum Gasteiger partial charge on any atom is 0.214 e. The molecule has 1 fully saturated rings. The van der Waals surface area contributed by atoms with Gasteiger partial charge in [0.25, 0.3) is 0 Å². The van der Waals surface area contributed by atoms with E-state index in [-0.39, 0.29) is 6.04 Å². The van der Waals surface area contributed by atoms with Crippen LogP contribution in [-0.2, 0) is 6.54 Å². The summed E-state index contributed by atoms with van der Waals surface area (Å²) in [6, 6.07) is 8.35. The summed E-state index contributed by atoms with van der Waals surface area (Å²) in [5.41, 5.74) is 4.11. The molecule has 9 nitrogen and oxygen atoms in total. The number of guanidine groups is 1. The molecule has 1 aliphatic rings. The van der Waals surface area contributed by atoms with Crippen molar-refractivity contribution in [3.8, 4) is 6.19 Å². The van der Waals surface area contributed by atoms with Crippen LogP contribution in [-0.4, -0.2) is 70.5 Å². The van der Waals surface area contributed by atoms with Gasteiger partial charge in [0.1, 0.15) is 17.8 Å². The predicted octanol–water partition coefficient (Wildman–Crippen LogP) is 2.79. The first-order valence-electron chi connectivity index (χ1n) is 10.7. The quantitative estimate of drug-likeness (QED) is 0.372. The number of fused-ring (bicyclic) bond motifs is 1. The minimum Gasteiger partial charge on any atom is -0.352 e. The predicted molar refractivity (Wildman–Crippen MR) is 128 cm³/mol. The normalized spacial score (nSPS) is 17.1. The van der Waals surface area contributed by atoms with Crippen LogP contribution < -0.4 is 10.2 Å². The third-order valence-electron chi connectivity index (χ3n) is 5.68. The van der Waals surface area contributed by atoms with Crippen molar-refractivity contribution in [1.29, 1.82) is 5.26 Å². The monoisotopic (exact) mass is 431 g/mol. The zero-order valence-electron chi connectivity index (χ0n) is 19.0. The average Bonchev–Trinajstić information content (AvgIpc) is 3.14. The molecule has 1 unspecified atom stereocenters. The Kier molecular flexibility index (Phi) is 6.23. The van der Waals surface area contributed by atoms with Crippen LogP contribution in [0.5, 0.6) is 0 Å². The van der Waals surface area contributed by atoms with Crippen LogP contribution in [0.25, 0.3) is 11.0 Å². The smallest absolute Gasteiger partial charge is 0.214 e. The van der Waals surface area contributed by atoms with E-state index in [0.29, 0.717) is 5.96 Å². The Hall–Kier alpha value is -3.64. The van der Waals surface area contributed by atoms with E-state index in [2.05, 4.69) is 65.9 Å². The Morgan fingerprint density at radius 1 is 1.34 bits per heavy atom. The van der Waals surface area contributed by atoms with E-state index >= 15 is 0 Å². The minimum absolute atomic E-state index is 0.137. The molecule has 1 aliphatic heterocycles. The molecular formula is C23H29N9. The van der Waals surface area contributed by atoms with Crippen LogP contribution in [0.4, 0.5) is 11.5 Å². The van der Waals surface area contributed by atoms with Crippen LogP contribution in [0, 0.1) is 18.4 Å². The van der Waals surface area contributed by atoms with Crippen molar-refractivity contribution in [2.75, 3.05) is 43.9 Å². The van der Waals surface area contributed by atoms with Crippen LogP contribution in [0.1, 0.15) is 18.1 Å². The van der Waals surface area contributed by atoms with Crippen LogP contribution in [0.2, 0.25) is 0 Å². The van der Waals surface area contributed by atoms with Crippen molar-refractivity contribution < 1.29 is 0 Å². The molecule has 9 heteroatoms. The lowest BCUT2D eigenvalue weighted by molar-refractivity contribution is 0.297. The number of benzene rings is 1. The number of nitriles is 1. The van der Waals surface area contributed by atoms with Gasteiger partial charge in [0.2, 0.25) is 12.2 Å². The van der Waals surface area contributed by atoms with Crippen molar-refractivity contribution in [1.82, 2.24) is 24.8 Å². The van der Waals surface area contributed by atoms with Gasteiger partial charge in [0, 0.05) is 44.1 Å². The van der Waals surface area contributed by atoms with Gasteiger partial charge in [0.05, 0.1) is 5.39 Å². The summed E-state index contributed by atoms with van der Waals surface area (Å²) in [4.78, 5) is 22.8. The summed E-state index contributed by atoms with van der Waals surface area (Å²) in [5.74, 6) is 1.52. The van der Waals surface area contributed by atoms with Gasteiger partial charge in [-0.15, -0.1) is 4.99 Å². The molecule has 2 N–H and O–H groups in total. The molecule has 0 spiro atoms.